The highest BCUT2D eigenvalue weighted by molar-refractivity contribution is 7.91. The minimum Gasteiger partial charge on any atom is -0.350 e. The van der Waals surface area contributed by atoms with Crippen LogP contribution in [0.2, 0.25) is 0 Å². The maximum atomic E-state index is 13.4. The van der Waals surface area contributed by atoms with Crippen molar-refractivity contribution in [3.05, 3.63) is 30.3 Å². The largest absolute Gasteiger partial charge is 0.350 e. The van der Waals surface area contributed by atoms with Crippen LogP contribution in [0.15, 0.2) is 34.7 Å². The van der Waals surface area contributed by atoms with Crippen LogP contribution in [-0.2, 0) is 34.4 Å². The van der Waals surface area contributed by atoms with E-state index >= 15 is 0 Å². The molecule has 15 heteroatoms. The van der Waals surface area contributed by atoms with Crippen molar-refractivity contribution in [1.29, 1.82) is 0 Å². The van der Waals surface area contributed by atoms with Crippen LogP contribution >= 0.6 is 11.3 Å². The quantitative estimate of drug-likeness (QED) is 0.502. The number of nitrogens with zero attached hydrogens (tertiary/aromatic N) is 4. The topological polar surface area (TPSA) is 148 Å². The van der Waals surface area contributed by atoms with E-state index in [2.05, 4.69) is 15.7 Å². The van der Waals surface area contributed by atoms with Crippen LogP contribution in [-0.4, -0.2) is 86.4 Å². The fraction of sp³-hybridized carbons (Fsp3) is 0.526. The van der Waals surface area contributed by atoms with E-state index in [9.17, 15) is 21.6 Å². The van der Waals surface area contributed by atoms with Gasteiger partial charge in [-0.2, -0.15) is 8.61 Å². The first-order valence-electron chi connectivity index (χ1n) is 10.6. The molecule has 186 valence electrons. The Labute approximate surface area is 201 Å². The van der Waals surface area contributed by atoms with Gasteiger partial charge in [-0.3, -0.25) is 4.79 Å². The van der Waals surface area contributed by atoms with Crippen LogP contribution in [0.5, 0.6) is 0 Å². The van der Waals surface area contributed by atoms with Gasteiger partial charge in [-0.05, 0) is 12.8 Å². The van der Waals surface area contributed by atoms with Gasteiger partial charge in [0.1, 0.15) is 11.0 Å². The zero-order valence-electron chi connectivity index (χ0n) is 18.4. The van der Waals surface area contributed by atoms with E-state index < -0.39 is 38.3 Å². The van der Waals surface area contributed by atoms with Crippen LogP contribution < -0.4 is 5.48 Å². The van der Waals surface area contributed by atoms with Gasteiger partial charge in [0.2, 0.25) is 14.4 Å². The number of benzene rings is 1. The van der Waals surface area contributed by atoms with E-state index in [4.69, 9.17) is 9.57 Å². The molecule has 2 fully saturated rings. The van der Waals surface area contributed by atoms with Gasteiger partial charge >= 0.3 is 0 Å². The number of sulfonamides is 2. The van der Waals surface area contributed by atoms with Crippen LogP contribution in [0.3, 0.4) is 0 Å². The SMILES string of the molecule is CS(=O)(=O)N1CCN(S(=O)(=O)c2nnc(-c3ccccc3)s2)C(C(=O)NOC2CCCCO2)C1. The fourth-order valence-corrected chi connectivity index (χ4v) is 7.17. The third-order valence-electron chi connectivity index (χ3n) is 5.45. The molecule has 0 aliphatic carbocycles. The second kappa shape index (κ2) is 10.3. The molecule has 2 aliphatic heterocycles. The fourth-order valence-electron chi connectivity index (χ4n) is 3.65. The lowest BCUT2D eigenvalue weighted by molar-refractivity contribution is -0.202. The zero-order chi connectivity index (χ0) is 24.3. The molecule has 34 heavy (non-hydrogen) atoms. The Kier molecular flexibility index (Phi) is 7.61. The maximum absolute atomic E-state index is 13.4. The molecule has 1 N–H and O–H groups in total. The van der Waals surface area contributed by atoms with Crippen LogP contribution in [0.25, 0.3) is 10.6 Å². The predicted molar refractivity (Wildman–Crippen MR) is 122 cm³/mol. The van der Waals surface area contributed by atoms with Crippen LogP contribution in [0.1, 0.15) is 19.3 Å². The average molecular weight is 532 g/mol. The zero-order valence-corrected chi connectivity index (χ0v) is 20.8. The van der Waals surface area contributed by atoms with Gasteiger partial charge in [0.25, 0.3) is 15.9 Å². The lowest BCUT2D eigenvalue weighted by Crippen LogP contribution is -2.61. The molecule has 1 amide bonds. The van der Waals surface area contributed by atoms with Crippen molar-refractivity contribution in [3.8, 4) is 10.6 Å². The van der Waals surface area contributed by atoms with E-state index in [1.807, 2.05) is 6.07 Å². The van der Waals surface area contributed by atoms with Crippen molar-refractivity contribution in [1.82, 2.24) is 24.3 Å². The Morgan fingerprint density at radius 2 is 1.91 bits per heavy atom. The second-order valence-electron chi connectivity index (χ2n) is 7.87. The van der Waals surface area contributed by atoms with Gasteiger partial charge in [-0.25, -0.2) is 27.2 Å². The predicted octanol–water partition coefficient (Wildman–Crippen LogP) is 0.414. The molecule has 0 spiro atoms. The number of carbonyl (C=O) groups excluding carboxylic acids is 1. The molecule has 1 aromatic heterocycles. The molecule has 0 radical (unpaired) electrons. The summed E-state index contributed by atoms with van der Waals surface area (Å²) in [4.78, 5) is 18.3. The summed E-state index contributed by atoms with van der Waals surface area (Å²) < 4.78 is 58.2. The minimum absolute atomic E-state index is 0.0984. The van der Waals surface area contributed by atoms with Gasteiger partial charge in [0.15, 0.2) is 6.29 Å². The van der Waals surface area contributed by atoms with E-state index in [0.29, 0.717) is 23.6 Å². The van der Waals surface area contributed by atoms with Crippen molar-refractivity contribution in [2.75, 3.05) is 32.5 Å². The molecule has 1 aromatic carbocycles. The van der Waals surface area contributed by atoms with Gasteiger partial charge < -0.3 is 4.74 Å². The van der Waals surface area contributed by atoms with Crippen molar-refractivity contribution >= 4 is 37.3 Å². The van der Waals surface area contributed by atoms with Crippen molar-refractivity contribution < 1.29 is 31.2 Å². The number of piperazine rings is 1. The summed E-state index contributed by atoms with van der Waals surface area (Å²) in [6.07, 6.45) is 2.70. The number of hydrogen-bond donors (Lipinski definition) is 1. The number of amides is 1. The molecular formula is C19H25N5O7S3. The molecule has 2 aromatic rings. The number of hydroxylamine groups is 1. The molecule has 3 heterocycles. The summed E-state index contributed by atoms with van der Waals surface area (Å²) in [5, 5.41) is 8.24. The summed E-state index contributed by atoms with van der Waals surface area (Å²) in [6, 6.07) is 7.62. The summed E-state index contributed by atoms with van der Waals surface area (Å²) >= 11 is 0.876. The Morgan fingerprint density at radius 1 is 1.15 bits per heavy atom. The average Bonchev–Trinajstić information content (AvgIpc) is 3.34. The number of ether oxygens (including phenoxy) is 1. The standard InChI is InChI=1S/C19H25N5O7S3/c1-33(26,27)23-10-11-24(15(13-23)17(25)22-31-16-9-5-6-12-30-16)34(28,29)19-21-20-18(32-19)14-7-3-2-4-8-14/h2-4,7-8,15-16H,5-6,9-13H2,1H3,(H,22,25). The number of aromatic nitrogens is 2. The van der Waals surface area contributed by atoms with E-state index in [0.717, 1.165) is 39.0 Å². The molecule has 12 nitrogen and oxygen atoms in total. The first kappa shape index (κ1) is 25.1. The van der Waals surface area contributed by atoms with Gasteiger partial charge in [-0.15, -0.1) is 10.2 Å². The number of rotatable bonds is 7. The Hall–Kier alpha value is -2.01. The summed E-state index contributed by atoms with van der Waals surface area (Å²) in [5.74, 6) is -0.793. The van der Waals surface area contributed by atoms with Gasteiger partial charge in [0, 0.05) is 38.2 Å². The number of nitrogens with one attached hydrogen (secondary N) is 1. The molecule has 2 atom stereocenters. The first-order valence-corrected chi connectivity index (χ1v) is 14.7. The third kappa shape index (κ3) is 5.62. The summed E-state index contributed by atoms with van der Waals surface area (Å²) in [6.45, 7) is -0.192. The molecule has 2 unspecified atom stereocenters. The van der Waals surface area contributed by atoms with E-state index in [1.54, 1.807) is 24.3 Å². The Morgan fingerprint density at radius 3 is 2.59 bits per heavy atom. The van der Waals surface area contributed by atoms with E-state index in [-0.39, 0.29) is 24.0 Å². The molecule has 4 rings (SSSR count). The number of hydrogen-bond acceptors (Lipinski definition) is 10. The normalized spacial score (nSPS) is 23.0. The third-order valence-corrected chi connectivity index (χ3v) is 9.95. The maximum Gasteiger partial charge on any atom is 0.273 e. The Bertz CT molecular complexity index is 1210. The first-order chi connectivity index (χ1) is 16.2. The highest BCUT2D eigenvalue weighted by atomic mass is 32.2. The molecule has 2 aliphatic rings. The summed E-state index contributed by atoms with van der Waals surface area (Å²) in [7, 11) is -7.90. The smallest absolute Gasteiger partial charge is 0.273 e. The lowest BCUT2D eigenvalue weighted by atomic mass is 10.2. The highest BCUT2D eigenvalue weighted by Crippen LogP contribution is 2.29. The van der Waals surface area contributed by atoms with Crippen LogP contribution in [0.4, 0.5) is 0 Å². The summed E-state index contributed by atoms with van der Waals surface area (Å²) in [5.41, 5.74) is 2.96. The molecule has 0 saturated carbocycles. The molecular weight excluding hydrogens is 506 g/mol. The Balaban J connectivity index is 1.57. The van der Waals surface area contributed by atoms with Gasteiger partial charge in [-0.1, -0.05) is 41.7 Å². The van der Waals surface area contributed by atoms with Crippen molar-refractivity contribution in [2.24, 2.45) is 0 Å². The second-order valence-corrected chi connectivity index (χ2v) is 12.9. The van der Waals surface area contributed by atoms with Crippen molar-refractivity contribution in [2.45, 2.75) is 35.9 Å². The molecule has 0 bridgehead atoms. The van der Waals surface area contributed by atoms with Crippen molar-refractivity contribution in [3.63, 3.8) is 0 Å². The van der Waals surface area contributed by atoms with Gasteiger partial charge in [0.05, 0.1) is 6.26 Å². The van der Waals surface area contributed by atoms with Crippen LogP contribution in [0, 0.1) is 0 Å². The molecule has 2 saturated heterocycles. The monoisotopic (exact) mass is 531 g/mol. The van der Waals surface area contributed by atoms with E-state index in [1.165, 1.54) is 0 Å². The number of carbonyl (C=O) groups is 1. The highest BCUT2D eigenvalue weighted by Gasteiger charge is 2.44. The lowest BCUT2D eigenvalue weighted by Gasteiger charge is -2.37. The minimum atomic E-state index is -4.25.